The number of rotatable bonds is 5. The SMILES string of the molecule is CC1CCC2(C)C3CCC4(C)C(C(C)CCC(O)C(C)C)CCC4C3C(O)C[C@H]2C1. The standard InChI is InChI=1S/C28H50O2/c1-17(2)24(29)10-7-19(4)21-8-9-22-26-23(12-14-28(21,22)6)27(5)13-11-18(3)15-20(27)16-25(26)30/h17-26,29-30H,7-16H2,1-6H3/t18?,19?,20-,21?,22?,23?,24?,25?,26?,27?,28?/m1/s1. The van der Waals surface area contributed by atoms with E-state index in [-0.39, 0.29) is 12.2 Å². The van der Waals surface area contributed by atoms with E-state index in [4.69, 9.17) is 0 Å². The van der Waals surface area contributed by atoms with E-state index in [0.717, 1.165) is 42.9 Å². The average molecular weight is 419 g/mol. The Hall–Kier alpha value is -0.0800. The van der Waals surface area contributed by atoms with Gasteiger partial charge in [0, 0.05) is 0 Å². The zero-order chi connectivity index (χ0) is 21.8. The third-order valence-electron chi connectivity index (χ3n) is 11.4. The van der Waals surface area contributed by atoms with E-state index in [1.54, 1.807) is 0 Å². The molecule has 0 radical (unpaired) electrons. The monoisotopic (exact) mass is 418 g/mol. The van der Waals surface area contributed by atoms with Gasteiger partial charge in [0.1, 0.15) is 0 Å². The summed E-state index contributed by atoms with van der Waals surface area (Å²) in [5.74, 6) is 5.41. The minimum absolute atomic E-state index is 0.0696. The average Bonchev–Trinajstić information content (AvgIpc) is 3.04. The van der Waals surface area contributed by atoms with Crippen molar-refractivity contribution in [3.63, 3.8) is 0 Å². The summed E-state index contributed by atoms with van der Waals surface area (Å²) in [6, 6.07) is 0. The van der Waals surface area contributed by atoms with Gasteiger partial charge in [-0.15, -0.1) is 0 Å². The second-order valence-electron chi connectivity index (χ2n) is 13.3. The molecule has 4 fully saturated rings. The molecule has 4 saturated carbocycles. The first-order chi connectivity index (χ1) is 14.1. The first kappa shape index (κ1) is 23.1. The molecule has 0 amide bonds. The van der Waals surface area contributed by atoms with Crippen molar-refractivity contribution in [1.29, 1.82) is 0 Å². The molecule has 174 valence electrons. The summed E-state index contributed by atoms with van der Waals surface area (Å²) < 4.78 is 0. The van der Waals surface area contributed by atoms with E-state index in [9.17, 15) is 10.2 Å². The lowest BCUT2D eigenvalue weighted by Gasteiger charge is -2.62. The van der Waals surface area contributed by atoms with E-state index in [2.05, 4.69) is 41.5 Å². The minimum atomic E-state index is -0.154. The fourth-order valence-electron chi connectivity index (χ4n) is 9.38. The molecule has 4 rings (SSSR count). The van der Waals surface area contributed by atoms with Gasteiger partial charge in [-0.1, -0.05) is 48.0 Å². The van der Waals surface area contributed by atoms with Gasteiger partial charge in [0.2, 0.25) is 0 Å². The van der Waals surface area contributed by atoms with E-state index in [0.29, 0.717) is 34.5 Å². The van der Waals surface area contributed by atoms with Crippen molar-refractivity contribution in [2.24, 2.45) is 58.2 Å². The fourth-order valence-corrected chi connectivity index (χ4v) is 9.38. The number of hydrogen-bond donors (Lipinski definition) is 2. The molecule has 0 aromatic carbocycles. The second kappa shape index (κ2) is 8.36. The third-order valence-corrected chi connectivity index (χ3v) is 11.4. The van der Waals surface area contributed by atoms with Gasteiger partial charge in [0.05, 0.1) is 12.2 Å². The van der Waals surface area contributed by atoms with Crippen LogP contribution in [0.3, 0.4) is 0 Å². The van der Waals surface area contributed by atoms with Crippen LogP contribution in [0.1, 0.15) is 106 Å². The van der Waals surface area contributed by atoms with Gasteiger partial charge >= 0.3 is 0 Å². The van der Waals surface area contributed by atoms with Crippen LogP contribution < -0.4 is 0 Å². The molecular formula is C28H50O2. The van der Waals surface area contributed by atoms with E-state index in [1.165, 1.54) is 44.9 Å². The van der Waals surface area contributed by atoms with Crippen molar-refractivity contribution in [3.05, 3.63) is 0 Å². The van der Waals surface area contributed by atoms with Gasteiger partial charge in [0.25, 0.3) is 0 Å². The zero-order valence-corrected chi connectivity index (χ0v) is 20.7. The van der Waals surface area contributed by atoms with Crippen LogP contribution in [0.5, 0.6) is 0 Å². The molecule has 11 atom stereocenters. The van der Waals surface area contributed by atoms with Gasteiger partial charge in [-0.05, 0) is 116 Å². The summed E-state index contributed by atoms with van der Waals surface area (Å²) in [4.78, 5) is 0. The molecule has 0 spiro atoms. The Kier molecular flexibility index (Phi) is 6.44. The molecule has 10 unspecified atom stereocenters. The maximum atomic E-state index is 11.4. The number of aliphatic hydroxyl groups excluding tert-OH is 2. The lowest BCUT2D eigenvalue weighted by Crippen LogP contribution is -2.58. The van der Waals surface area contributed by atoms with Crippen molar-refractivity contribution in [3.8, 4) is 0 Å². The lowest BCUT2D eigenvalue weighted by atomic mass is 9.43. The molecule has 4 aliphatic carbocycles. The topological polar surface area (TPSA) is 40.5 Å². The predicted molar refractivity (Wildman–Crippen MR) is 125 cm³/mol. The highest BCUT2D eigenvalue weighted by atomic mass is 16.3. The van der Waals surface area contributed by atoms with E-state index < -0.39 is 0 Å². The molecule has 2 nitrogen and oxygen atoms in total. The molecule has 2 heteroatoms. The first-order valence-electron chi connectivity index (χ1n) is 13.4. The van der Waals surface area contributed by atoms with Crippen LogP contribution in [0.2, 0.25) is 0 Å². The summed E-state index contributed by atoms with van der Waals surface area (Å²) >= 11 is 0. The number of fused-ring (bicyclic) bond motifs is 5. The van der Waals surface area contributed by atoms with Crippen LogP contribution >= 0.6 is 0 Å². The lowest BCUT2D eigenvalue weighted by molar-refractivity contribution is -0.168. The Morgan fingerprint density at radius 2 is 1.53 bits per heavy atom. The molecule has 0 aliphatic heterocycles. The van der Waals surface area contributed by atoms with Gasteiger partial charge in [-0.3, -0.25) is 0 Å². The number of hydrogen-bond acceptors (Lipinski definition) is 2. The van der Waals surface area contributed by atoms with Crippen LogP contribution in [0.4, 0.5) is 0 Å². The van der Waals surface area contributed by atoms with Crippen LogP contribution in [0.25, 0.3) is 0 Å². The highest BCUT2D eigenvalue weighted by molar-refractivity contribution is 5.11. The molecule has 0 aromatic heterocycles. The first-order valence-corrected chi connectivity index (χ1v) is 13.4. The zero-order valence-electron chi connectivity index (χ0n) is 20.7. The molecule has 30 heavy (non-hydrogen) atoms. The van der Waals surface area contributed by atoms with Gasteiger partial charge in [0.15, 0.2) is 0 Å². The van der Waals surface area contributed by atoms with E-state index >= 15 is 0 Å². The van der Waals surface area contributed by atoms with Crippen LogP contribution in [-0.2, 0) is 0 Å². The number of aliphatic hydroxyl groups is 2. The molecule has 0 heterocycles. The normalized spacial score (nSPS) is 50.5. The molecule has 0 bridgehead atoms. The Morgan fingerprint density at radius 1 is 0.867 bits per heavy atom. The smallest absolute Gasteiger partial charge is 0.0577 e. The molecule has 0 aromatic rings. The van der Waals surface area contributed by atoms with Gasteiger partial charge < -0.3 is 10.2 Å². The van der Waals surface area contributed by atoms with Gasteiger partial charge in [-0.25, -0.2) is 0 Å². The molecule has 4 aliphatic rings. The Labute approximate surface area is 186 Å². The summed E-state index contributed by atoms with van der Waals surface area (Å²) in [5.41, 5.74) is 0.873. The fraction of sp³-hybridized carbons (Fsp3) is 1.00. The van der Waals surface area contributed by atoms with E-state index in [1.807, 2.05) is 0 Å². The second-order valence-corrected chi connectivity index (χ2v) is 13.3. The quantitative estimate of drug-likeness (QED) is 0.522. The maximum Gasteiger partial charge on any atom is 0.0577 e. The summed E-state index contributed by atoms with van der Waals surface area (Å²) in [6.07, 6.45) is 12.4. The highest BCUT2D eigenvalue weighted by Crippen LogP contribution is 2.68. The summed E-state index contributed by atoms with van der Waals surface area (Å²) in [6.45, 7) is 14.3. The Bertz CT molecular complexity index is 601. The summed E-state index contributed by atoms with van der Waals surface area (Å²) in [5, 5.41) is 21.8. The van der Waals surface area contributed by atoms with Crippen molar-refractivity contribution in [2.75, 3.05) is 0 Å². The largest absolute Gasteiger partial charge is 0.393 e. The van der Waals surface area contributed by atoms with Crippen molar-refractivity contribution in [2.45, 2.75) is 118 Å². The van der Waals surface area contributed by atoms with Crippen LogP contribution in [-0.4, -0.2) is 22.4 Å². The Morgan fingerprint density at radius 3 is 2.23 bits per heavy atom. The maximum absolute atomic E-state index is 11.4. The van der Waals surface area contributed by atoms with Crippen LogP contribution in [0, 0.1) is 58.2 Å². The molecule has 0 saturated heterocycles. The summed E-state index contributed by atoms with van der Waals surface area (Å²) in [7, 11) is 0. The predicted octanol–water partition coefficient (Wildman–Crippen LogP) is 6.69. The van der Waals surface area contributed by atoms with Crippen molar-refractivity contribution >= 4 is 0 Å². The molecular weight excluding hydrogens is 368 g/mol. The van der Waals surface area contributed by atoms with Crippen molar-refractivity contribution in [1.82, 2.24) is 0 Å². The van der Waals surface area contributed by atoms with Gasteiger partial charge in [-0.2, -0.15) is 0 Å². The molecule has 2 N–H and O–H groups in total. The van der Waals surface area contributed by atoms with Crippen LogP contribution in [0.15, 0.2) is 0 Å². The van der Waals surface area contributed by atoms with Crippen molar-refractivity contribution < 1.29 is 10.2 Å². The highest BCUT2D eigenvalue weighted by Gasteiger charge is 2.62. The Balaban J connectivity index is 1.50. The minimum Gasteiger partial charge on any atom is -0.393 e. The third kappa shape index (κ3) is 3.70.